The Morgan fingerprint density at radius 1 is 1.53 bits per heavy atom. The van der Waals surface area contributed by atoms with Crippen LogP contribution in [-0.4, -0.2) is 14.2 Å². The minimum absolute atomic E-state index is 0.0464. The molecule has 2 aromatic rings. The van der Waals surface area contributed by atoms with Gasteiger partial charge in [-0.2, -0.15) is 0 Å². The third kappa shape index (κ3) is 2.06. The van der Waals surface area contributed by atoms with E-state index in [1.807, 2.05) is 12.1 Å². The van der Waals surface area contributed by atoms with Gasteiger partial charge in [0.2, 0.25) is 0 Å². The highest BCUT2D eigenvalue weighted by Crippen LogP contribution is 2.05. The molecule has 4 nitrogen and oxygen atoms in total. The van der Waals surface area contributed by atoms with Crippen LogP contribution < -0.4 is 5.69 Å². The molecule has 0 spiro atoms. The molecule has 0 amide bonds. The lowest BCUT2D eigenvalue weighted by Gasteiger charge is -1.94. The van der Waals surface area contributed by atoms with Crippen molar-refractivity contribution in [1.29, 1.82) is 0 Å². The second-order valence-corrected chi connectivity index (χ2v) is 4.68. The largest absolute Gasteiger partial charge is 0.350 e. The maximum Gasteiger partial charge on any atom is 0.350 e. The second-order valence-electron chi connectivity index (χ2n) is 3.43. The molecule has 0 aliphatic heterocycles. The number of nitrogens with zero attached hydrogens (tertiary/aromatic N) is 3. The molecule has 0 aliphatic carbocycles. The lowest BCUT2D eigenvalue weighted by atomic mass is 10.3. The number of aromatic nitrogens is 3. The number of hydrogen-bond acceptors (Lipinski definition) is 2. The van der Waals surface area contributed by atoms with Crippen molar-refractivity contribution in [1.82, 2.24) is 14.2 Å². The standard InChI is InChI=1S/C10H12IN3O/c1-2-3-5-14-10(15)13-6-4-8(11)7-9(13)12-14/h4,6-7H,2-3,5H2,1H3. The smallest absolute Gasteiger partial charge is 0.250 e. The molecule has 0 saturated heterocycles. The first kappa shape index (κ1) is 10.7. The summed E-state index contributed by atoms with van der Waals surface area (Å²) in [5.74, 6) is 0. The Morgan fingerprint density at radius 2 is 2.33 bits per heavy atom. The minimum Gasteiger partial charge on any atom is -0.250 e. The van der Waals surface area contributed by atoms with Gasteiger partial charge in [-0.25, -0.2) is 9.48 Å². The summed E-state index contributed by atoms with van der Waals surface area (Å²) in [6, 6.07) is 3.81. The number of halogens is 1. The normalized spacial score (nSPS) is 11.1. The summed E-state index contributed by atoms with van der Waals surface area (Å²) in [6.45, 7) is 2.80. The van der Waals surface area contributed by atoms with Crippen LogP contribution in [0, 0.1) is 3.57 Å². The Bertz CT molecular complexity index is 529. The molecule has 15 heavy (non-hydrogen) atoms. The van der Waals surface area contributed by atoms with Crippen LogP contribution in [0.4, 0.5) is 0 Å². The van der Waals surface area contributed by atoms with E-state index in [0.29, 0.717) is 6.54 Å². The van der Waals surface area contributed by atoms with Crippen LogP contribution in [0.5, 0.6) is 0 Å². The van der Waals surface area contributed by atoms with Gasteiger partial charge < -0.3 is 0 Å². The third-order valence-corrected chi connectivity index (χ3v) is 2.94. The van der Waals surface area contributed by atoms with E-state index in [0.717, 1.165) is 22.1 Å². The summed E-state index contributed by atoms with van der Waals surface area (Å²) in [6.07, 6.45) is 3.83. The van der Waals surface area contributed by atoms with Gasteiger partial charge in [0.25, 0.3) is 0 Å². The maximum absolute atomic E-state index is 11.8. The predicted molar refractivity (Wildman–Crippen MR) is 67.1 cm³/mol. The lowest BCUT2D eigenvalue weighted by molar-refractivity contribution is 0.554. The van der Waals surface area contributed by atoms with Crippen LogP contribution in [0.25, 0.3) is 5.65 Å². The molecular weight excluding hydrogens is 305 g/mol. The highest BCUT2D eigenvalue weighted by molar-refractivity contribution is 14.1. The highest BCUT2D eigenvalue weighted by atomic mass is 127. The molecule has 80 valence electrons. The Kier molecular flexibility index (Phi) is 3.08. The molecule has 0 radical (unpaired) electrons. The summed E-state index contributed by atoms with van der Waals surface area (Å²) in [5, 5.41) is 4.27. The maximum atomic E-state index is 11.8. The van der Waals surface area contributed by atoms with Crippen molar-refractivity contribution in [3.05, 3.63) is 32.4 Å². The van der Waals surface area contributed by atoms with Crippen molar-refractivity contribution in [2.45, 2.75) is 26.3 Å². The van der Waals surface area contributed by atoms with Gasteiger partial charge in [-0.3, -0.25) is 4.40 Å². The van der Waals surface area contributed by atoms with Gasteiger partial charge in [-0.15, -0.1) is 5.10 Å². The first-order valence-corrected chi connectivity index (χ1v) is 6.05. The number of fused-ring (bicyclic) bond motifs is 1. The molecule has 0 fully saturated rings. The summed E-state index contributed by atoms with van der Waals surface area (Å²) in [7, 11) is 0. The third-order valence-electron chi connectivity index (χ3n) is 2.27. The highest BCUT2D eigenvalue weighted by Gasteiger charge is 2.05. The van der Waals surface area contributed by atoms with E-state index in [1.165, 1.54) is 4.68 Å². The first-order chi connectivity index (χ1) is 7.22. The van der Waals surface area contributed by atoms with Gasteiger partial charge in [-0.1, -0.05) is 13.3 Å². The Labute approximate surface area is 101 Å². The number of pyridine rings is 1. The van der Waals surface area contributed by atoms with Gasteiger partial charge in [0.15, 0.2) is 5.65 Å². The second kappa shape index (κ2) is 4.34. The fraction of sp³-hybridized carbons (Fsp3) is 0.400. The summed E-state index contributed by atoms with van der Waals surface area (Å²) in [4.78, 5) is 11.8. The zero-order valence-corrected chi connectivity index (χ0v) is 10.6. The Balaban J connectivity index is 2.49. The number of unbranched alkanes of at least 4 members (excludes halogenated alkanes) is 1. The van der Waals surface area contributed by atoms with Crippen molar-refractivity contribution in [3.63, 3.8) is 0 Å². The number of rotatable bonds is 3. The summed E-state index contributed by atoms with van der Waals surface area (Å²) >= 11 is 2.21. The molecule has 0 bridgehead atoms. The zero-order valence-electron chi connectivity index (χ0n) is 8.48. The molecule has 2 heterocycles. The number of aryl methyl sites for hydroxylation is 1. The molecule has 0 saturated carbocycles. The monoisotopic (exact) mass is 317 g/mol. The Morgan fingerprint density at radius 3 is 3.07 bits per heavy atom. The predicted octanol–water partition coefficient (Wildman–Crippen LogP) is 1.90. The fourth-order valence-corrected chi connectivity index (χ4v) is 1.89. The number of hydrogen-bond donors (Lipinski definition) is 0. The van der Waals surface area contributed by atoms with Crippen molar-refractivity contribution in [2.75, 3.05) is 0 Å². The van der Waals surface area contributed by atoms with Crippen LogP contribution in [0.1, 0.15) is 19.8 Å². The van der Waals surface area contributed by atoms with Gasteiger partial charge in [-0.05, 0) is 41.1 Å². The Hall–Kier alpha value is -0.850. The van der Waals surface area contributed by atoms with Crippen LogP contribution in [0.15, 0.2) is 23.1 Å². The topological polar surface area (TPSA) is 39.3 Å². The molecule has 0 atom stereocenters. The van der Waals surface area contributed by atoms with Crippen LogP contribution in [0.2, 0.25) is 0 Å². The molecule has 2 rings (SSSR count). The quantitative estimate of drug-likeness (QED) is 0.811. The van der Waals surface area contributed by atoms with E-state index >= 15 is 0 Å². The molecule has 0 aromatic carbocycles. The lowest BCUT2D eigenvalue weighted by Crippen LogP contribution is -2.20. The molecular formula is C10H12IN3O. The van der Waals surface area contributed by atoms with Crippen LogP contribution >= 0.6 is 22.6 Å². The van der Waals surface area contributed by atoms with E-state index in [4.69, 9.17) is 0 Å². The van der Waals surface area contributed by atoms with Gasteiger partial charge in [0.1, 0.15) is 0 Å². The first-order valence-electron chi connectivity index (χ1n) is 4.97. The van der Waals surface area contributed by atoms with E-state index in [1.54, 1.807) is 10.6 Å². The van der Waals surface area contributed by atoms with Gasteiger partial charge in [0.05, 0.1) is 0 Å². The van der Waals surface area contributed by atoms with Crippen molar-refractivity contribution < 1.29 is 0 Å². The summed E-state index contributed by atoms with van der Waals surface area (Å²) in [5.41, 5.74) is 0.679. The average molecular weight is 317 g/mol. The van der Waals surface area contributed by atoms with Gasteiger partial charge >= 0.3 is 5.69 Å². The van der Waals surface area contributed by atoms with E-state index in [9.17, 15) is 4.79 Å². The zero-order chi connectivity index (χ0) is 10.8. The van der Waals surface area contributed by atoms with E-state index in [2.05, 4.69) is 34.6 Å². The van der Waals surface area contributed by atoms with Crippen molar-refractivity contribution >= 4 is 28.2 Å². The van der Waals surface area contributed by atoms with Gasteiger partial charge in [0, 0.05) is 16.3 Å². The molecule has 2 aromatic heterocycles. The molecule has 0 unspecified atom stereocenters. The van der Waals surface area contributed by atoms with Crippen LogP contribution in [0.3, 0.4) is 0 Å². The molecule has 0 N–H and O–H groups in total. The fourth-order valence-electron chi connectivity index (χ4n) is 1.45. The van der Waals surface area contributed by atoms with E-state index < -0.39 is 0 Å². The van der Waals surface area contributed by atoms with Crippen molar-refractivity contribution in [2.24, 2.45) is 0 Å². The van der Waals surface area contributed by atoms with Crippen LogP contribution in [-0.2, 0) is 6.54 Å². The minimum atomic E-state index is -0.0464. The molecule has 5 heteroatoms. The molecule has 0 aliphatic rings. The van der Waals surface area contributed by atoms with Crippen molar-refractivity contribution in [3.8, 4) is 0 Å². The van der Waals surface area contributed by atoms with E-state index in [-0.39, 0.29) is 5.69 Å². The SMILES string of the molecule is CCCCn1nc2cc(I)ccn2c1=O. The summed E-state index contributed by atoms with van der Waals surface area (Å²) < 4.78 is 4.21. The average Bonchev–Trinajstić information content (AvgIpc) is 2.52.